The lowest BCUT2D eigenvalue weighted by Gasteiger charge is -2.38. The van der Waals surface area contributed by atoms with Crippen LogP contribution in [-0.2, 0) is 4.79 Å². The van der Waals surface area contributed by atoms with Gasteiger partial charge in [-0.15, -0.1) is 0 Å². The number of hydrogen-bond acceptors (Lipinski definition) is 7. The molecular weight excluding hydrogens is 342 g/mol. The predicted molar refractivity (Wildman–Crippen MR) is 105 cm³/mol. The molecule has 3 aromatic rings. The van der Waals surface area contributed by atoms with Crippen molar-refractivity contribution in [3.63, 3.8) is 0 Å². The molecule has 0 spiro atoms. The Morgan fingerprint density at radius 2 is 2.11 bits per heavy atom. The molecule has 0 saturated heterocycles. The number of carbonyl (C=O) groups excluding carboxylic acids is 1. The van der Waals surface area contributed by atoms with Crippen molar-refractivity contribution in [2.24, 2.45) is 0 Å². The van der Waals surface area contributed by atoms with Crippen LogP contribution >= 0.6 is 0 Å². The molecule has 0 aliphatic carbocycles. The van der Waals surface area contributed by atoms with E-state index >= 15 is 0 Å². The van der Waals surface area contributed by atoms with Crippen LogP contribution < -0.4 is 21.3 Å². The minimum atomic E-state index is -0.594. The molecule has 1 amide bonds. The minimum Gasteiger partial charge on any atom is -0.382 e. The molecule has 0 radical (unpaired) electrons. The zero-order chi connectivity index (χ0) is 19.0. The number of aromatic nitrogens is 3. The van der Waals surface area contributed by atoms with E-state index in [1.165, 1.54) is 12.4 Å². The second-order valence-corrected chi connectivity index (χ2v) is 5.96. The van der Waals surface area contributed by atoms with Gasteiger partial charge in [0.2, 0.25) is 5.91 Å². The number of pyridine rings is 1. The molecule has 4 N–H and O–H groups in total. The Kier molecular flexibility index (Phi) is 3.92. The lowest BCUT2D eigenvalue weighted by Crippen LogP contribution is -2.48. The maximum Gasteiger partial charge on any atom is 0.245 e. The summed E-state index contributed by atoms with van der Waals surface area (Å²) in [5.41, 5.74) is 8.84. The highest BCUT2D eigenvalue weighted by atomic mass is 16.1. The number of rotatable bonds is 3. The highest BCUT2D eigenvalue weighted by molar-refractivity contribution is 5.92. The number of para-hydroxylation sites is 1. The Bertz CT molecular complexity index is 1080. The van der Waals surface area contributed by atoms with Crippen LogP contribution in [0.15, 0.2) is 67.8 Å². The average molecular weight is 359 g/mol. The van der Waals surface area contributed by atoms with Crippen molar-refractivity contribution < 1.29 is 4.79 Å². The summed E-state index contributed by atoms with van der Waals surface area (Å²) in [6, 6.07) is 9.75. The summed E-state index contributed by atoms with van der Waals surface area (Å²) in [7, 11) is 0. The van der Waals surface area contributed by atoms with Gasteiger partial charge in [0.25, 0.3) is 0 Å². The lowest BCUT2D eigenvalue weighted by molar-refractivity contribution is -0.116. The third-order valence-electron chi connectivity index (χ3n) is 4.28. The summed E-state index contributed by atoms with van der Waals surface area (Å²) in [6.07, 6.45) is 3.68. The van der Waals surface area contributed by atoms with Gasteiger partial charge in [-0.05, 0) is 18.2 Å². The molecule has 27 heavy (non-hydrogen) atoms. The van der Waals surface area contributed by atoms with E-state index in [0.29, 0.717) is 17.2 Å². The number of carbonyl (C=O) groups is 1. The SMILES string of the molecule is C=CC(=O)N[C@@H]1Nc2ncnc(N)c2N(c2cnc3ccccc3c2)C1=C. The van der Waals surface area contributed by atoms with Crippen LogP contribution in [0.25, 0.3) is 10.9 Å². The number of nitrogens with zero attached hydrogens (tertiary/aromatic N) is 4. The van der Waals surface area contributed by atoms with E-state index in [0.717, 1.165) is 16.6 Å². The number of nitrogen functional groups attached to an aromatic ring is 1. The summed E-state index contributed by atoms with van der Waals surface area (Å²) in [4.78, 5) is 26.5. The first-order chi connectivity index (χ1) is 13.1. The fourth-order valence-corrected chi connectivity index (χ4v) is 3.01. The quantitative estimate of drug-likeness (QED) is 0.616. The number of hydrogen-bond donors (Lipinski definition) is 3. The van der Waals surface area contributed by atoms with Crippen molar-refractivity contribution in [2.75, 3.05) is 16.0 Å². The van der Waals surface area contributed by atoms with Crippen molar-refractivity contribution in [3.05, 3.63) is 67.8 Å². The van der Waals surface area contributed by atoms with Gasteiger partial charge in [0.05, 0.1) is 23.1 Å². The molecular formula is C19H17N7O. The normalized spacial score (nSPS) is 15.8. The Balaban J connectivity index is 1.86. The molecule has 1 atom stereocenters. The second kappa shape index (κ2) is 6.41. The Morgan fingerprint density at radius 1 is 1.30 bits per heavy atom. The molecule has 4 rings (SSSR count). The maximum absolute atomic E-state index is 11.8. The fraction of sp³-hybridized carbons (Fsp3) is 0.0526. The number of nitrogens with two attached hydrogens (primary N) is 1. The van der Waals surface area contributed by atoms with Crippen LogP contribution in [0.4, 0.5) is 23.0 Å². The van der Waals surface area contributed by atoms with Gasteiger partial charge in [0, 0.05) is 5.39 Å². The van der Waals surface area contributed by atoms with Crippen molar-refractivity contribution in [3.8, 4) is 0 Å². The summed E-state index contributed by atoms with van der Waals surface area (Å²) >= 11 is 0. The topological polar surface area (TPSA) is 109 Å². The Morgan fingerprint density at radius 3 is 2.93 bits per heavy atom. The van der Waals surface area contributed by atoms with Gasteiger partial charge in [-0.3, -0.25) is 9.78 Å². The van der Waals surface area contributed by atoms with Crippen LogP contribution in [-0.4, -0.2) is 27.0 Å². The molecule has 3 heterocycles. The van der Waals surface area contributed by atoms with Gasteiger partial charge in [-0.1, -0.05) is 31.4 Å². The van der Waals surface area contributed by atoms with Gasteiger partial charge < -0.3 is 21.3 Å². The molecule has 1 aromatic carbocycles. The number of amides is 1. The minimum absolute atomic E-state index is 0.287. The van der Waals surface area contributed by atoms with E-state index in [9.17, 15) is 4.79 Å². The molecule has 1 aliphatic rings. The largest absolute Gasteiger partial charge is 0.382 e. The van der Waals surface area contributed by atoms with Gasteiger partial charge in [0.1, 0.15) is 18.2 Å². The molecule has 2 aromatic heterocycles. The molecule has 0 unspecified atom stereocenters. The smallest absolute Gasteiger partial charge is 0.245 e. The van der Waals surface area contributed by atoms with Crippen molar-refractivity contribution in [1.29, 1.82) is 0 Å². The van der Waals surface area contributed by atoms with E-state index in [1.807, 2.05) is 30.3 Å². The van der Waals surface area contributed by atoms with E-state index in [-0.39, 0.29) is 11.7 Å². The summed E-state index contributed by atoms with van der Waals surface area (Å²) < 4.78 is 0. The van der Waals surface area contributed by atoms with Crippen LogP contribution in [0.1, 0.15) is 0 Å². The van der Waals surface area contributed by atoms with Crippen molar-refractivity contribution in [1.82, 2.24) is 20.3 Å². The number of fused-ring (bicyclic) bond motifs is 2. The fourth-order valence-electron chi connectivity index (χ4n) is 3.01. The van der Waals surface area contributed by atoms with Gasteiger partial charge >= 0.3 is 0 Å². The summed E-state index contributed by atoms with van der Waals surface area (Å²) in [5.74, 6) is 0.434. The van der Waals surface area contributed by atoms with Crippen LogP contribution in [0.2, 0.25) is 0 Å². The molecule has 8 nitrogen and oxygen atoms in total. The number of nitrogens with one attached hydrogen (secondary N) is 2. The average Bonchev–Trinajstić information content (AvgIpc) is 2.69. The van der Waals surface area contributed by atoms with Gasteiger partial charge in [-0.2, -0.15) is 0 Å². The first kappa shape index (κ1) is 16.5. The van der Waals surface area contributed by atoms with Crippen LogP contribution in [0, 0.1) is 0 Å². The third-order valence-corrected chi connectivity index (χ3v) is 4.28. The molecule has 1 aliphatic heterocycles. The maximum atomic E-state index is 11.8. The first-order valence-electron chi connectivity index (χ1n) is 8.22. The molecule has 0 bridgehead atoms. The zero-order valence-electron chi connectivity index (χ0n) is 14.4. The highest BCUT2D eigenvalue weighted by Crippen LogP contribution is 2.42. The van der Waals surface area contributed by atoms with E-state index < -0.39 is 6.17 Å². The van der Waals surface area contributed by atoms with Crippen LogP contribution in [0.5, 0.6) is 0 Å². The van der Waals surface area contributed by atoms with E-state index in [4.69, 9.17) is 5.73 Å². The standard InChI is InChI=1S/C19H17N7O/c1-3-15(27)24-18-11(2)26(16-17(20)22-10-23-19(16)25-18)13-8-12-6-4-5-7-14(12)21-9-13/h3-10,18H,1-2H2,(H,24,27)(H3,20,22,23,25)/t18-/m1/s1. The highest BCUT2D eigenvalue weighted by Gasteiger charge is 2.32. The van der Waals surface area contributed by atoms with E-state index in [1.54, 1.807) is 11.1 Å². The van der Waals surface area contributed by atoms with Crippen molar-refractivity contribution in [2.45, 2.75) is 6.17 Å². The van der Waals surface area contributed by atoms with Crippen LogP contribution in [0.3, 0.4) is 0 Å². The molecule has 134 valence electrons. The third kappa shape index (κ3) is 2.82. The number of anilines is 4. The first-order valence-corrected chi connectivity index (χ1v) is 8.22. The Labute approximate surface area is 155 Å². The monoisotopic (exact) mass is 359 g/mol. The second-order valence-electron chi connectivity index (χ2n) is 5.96. The zero-order valence-corrected chi connectivity index (χ0v) is 14.4. The molecule has 0 fully saturated rings. The lowest BCUT2D eigenvalue weighted by atomic mass is 10.1. The summed E-state index contributed by atoms with van der Waals surface area (Å²) in [5, 5.41) is 6.86. The van der Waals surface area contributed by atoms with Gasteiger partial charge in [-0.25, -0.2) is 9.97 Å². The molecule has 0 saturated carbocycles. The van der Waals surface area contributed by atoms with Gasteiger partial charge in [0.15, 0.2) is 11.6 Å². The van der Waals surface area contributed by atoms with Crippen molar-refractivity contribution >= 4 is 39.8 Å². The molecule has 8 heteroatoms. The Hall–Kier alpha value is -3.94. The van der Waals surface area contributed by atoms with E-state index in [2.05, 4.69) is 38.7 Å². The summed E-state index contributed by atoms with van der Waals surface area (Å²) in [6.45, 7) is 7.62. The number of benzene rings is 1. The predicted octanol–water partition coefficient (Wildman–Crippen LogP) is 2.31.